The Kier molecular flexibility index (Phi) is 12.1. The first-order chi connectivity index (χ1) is 20.1. The standard InChI is InChI=1S/C23H40N2O18/c1-6(29)25-11-7(30)2-23(22(24)38,42-18(11)12(32)8(31)3-26)43-19-13(33)9(4-27)40-21(16(19)36)41-17-10(5-28)39-20(37)15(35)14(17)34/h7-21,26-28,30-37H,2-5H2,1H3,(H2,24,38)(H,25,29)/t7-,8+,9+,10+,11+,12+,13-,14+,15+,16+,17+,18+,19-,20+,21-,23-/m0/s1. The van der Waals surface area contributed by atoms with E-state index in [2.05, 4.69) is 5.32 Å². The second-order valence-electron chi connectivity index (χ2n) is 10.6. The number of rotatable bonds is 11. The fraction of sp³-hybridized carbons (Fsp3) is 0.913. The number of hydrogen-bond donors (Lipinski definition) is 13. The van der Waals surface area contributed by atoms with Crippen LogP contribution >= 0.6 is 0 Å². The molecule has 20 heteroatoms. The molecule has 2 amide bonds. The molecule has 0 bridgehead atoms. The van der Waals surface area contributed by atoms with Gasteiger partial charge in [-0.15, -0.1) is 0 Å². The highest BCUT2D eigenvalue weighted by Gasteiger charge is 2.59. The number of carbonyl (C=O) groups excluding carboxylic acids is 2. The predicted octanol–water partition coefficient (Wildman–Crippen LogP) is -8.82. The van der Waals surface area contributed by atoms with Crippen LogP contribution in [-0.4, -0.2) is 185 Å². The zero-order chi connectivity index (χ0) is 32.4. The average Bonchev–Trinajstić information content (AvgIpc) is 2.96. The van der Waals surface area contributed by atoms with Crippen LogP contribution in [0, 0.1) is 0 Å². The Morgan fingerprint density at radius 3 is 2.09 bits per heavy atom. The number of primary amides is 1. The van der Waals surface area contributed by atoms with Gasteiger partial charge in [0.2, 0.25) is 5.91 Å². The van der Waals surface area contributed by atoms with Crippen molar-refractivity contribution < 1.29 is 89.4 Å². The Labute approximate surface area is 243 Å². The van der Waals surface area contributed by atoms with Crippen LogP contribution in [-0.2, 0) is 33.3 Å². The topological polar surface area (TPSA) is 341 Å². The van der Waals surface area contributed by atoms with Crippen molar-refractivity contribution in [3.05, 3.63) is 0 Å². The molecule has 0 spiro atoms. The van der Waals surface area contributed by atoms with Crippen LogP contribution < -0.4 is 11.1 Å². The summed E-state index contributed by atoms with van der Waals surface area (Å²) < 4.78 is 27.2. The zero-order valence-electron chi connectivity index (χ0n) is 22.8. The molecule has 0 saturated carbocycles. The van der Waals surface area contributed by atoms with E-state index in [9.17, 15) is 65.8 Å². The Morgan fingerprint density at radius 2 is 1.56 bits per heavy atom. The first-order valence-electron chi connectivity index (χ1n) is 13.3. The van der Waals surface area contributed by atoms with Gasteiger partial charge in [-0.1, -0.05) is 0 Å². The normalized spacial score (nSPS) is 45.3. The first kappa shape index (κ1) is 35.8. The molecule has 0 radical (unpaired) electrons. The van der Waals surface area contributed by atoms with Gasteiger partial charge < -0.3 is 90.9 Å². The van der Waals surface area contributed by atoms with Gasteiger partial charge in [0.25, 0.3) is 11.7 Å². The van der Waals surface area contributed by atoms with Gasteiger partial charge in [-0.3, -0.25) is 9.59 Å². The monoisotopic (exact) mass is 632 g/mol. The van der Waals surface area contributed by atoms with E-state index in [1.807, 2.05) is 0 Å². The molecule has 3 rings (SSSR count). The minimum atomic E-state index is -2.80. The fourth-order valence-corrected chi connectivity index (χ4v) is 5.19. The lowest BCUT2D eigenvalue weighted by molar-refractivity contribution is -0.382. The molecule has 3 heterocycles. The van der Waals surface area contributed by atoms with Gasteiger partial charge in [-0.05, 0) is 0 Å². The molecule has 0 unspecified atom stereocenters. The number of aliphatic hydroxyl groups is 11. The molecular weight excluding hydrogens is 592 g/mol. The largest absolute Gasteiger partial charge is 0.394 e. The molecule has 16 atom stereocenters. The van der Waals surface area contributed by atoms with E-state index in [1.165, 1.54) is 0 Å². The van der Waals surface area contributed by atoms with Crippen LogP contribution in [0.25, 0.3) is 0 Å². The smallest absolute Gasteiger partial charge is 0.277 e. The summed E-state index contributed by atoms with van der Waals surface area (Å²) in [4.78, 5) is 24.5. The van der Waals surface area contributed by atoms with Crippen LogP contribution in [0.5, 0.6) is 0 Å². The highest BCUT2D eigenvalue weighted by atomic mass is 16.8. The molecule has 0 aromatic rings. The summed E-state index contributed by atoms with van der Waals surface area (Å²) in [5.41, 5.74) is 5.54. The van der Waals surface area contributed by atoms with E-state index in [0.717, 1.165) is 6.92 Å². The summed E-state index contributed by atoms with van der Waals surface area (Å²) in [6, 6.07) is -1.49. The molecule has 0 aromatic carbocycles. The van der Waals surface area contributed by atoms with E-state index < -0.39 is 136 Å². The van der Waals surface area contributed by atoms with Gasteiger partial charge in [0.05, 0.1) is 32.0 Å². The maximum Gasteiger partial charge on any atom is 0.277 e. The van der Waals surface area contributed by atoms with Crippen molar-refractivity contribution in [1.82, 2.24) is 5.32 Å². The Morgan fingerprint density at radius 1 is 0.930 bits per heavy atom. The van der Waals surface area contributed by atoms with Crippen LogP contribution in [0.15, 0.2) is 0 Å². The van der Waals surface area contributed by atoms with Gasteiger partial charge in [-0.2, -0.15) is 0 Å². The first-order valence-corrected chi connectivity index (χ1v) is 13.3. The van der Waals surface area contributed by atoms with E-state index in [0.29, 0.717) is 0 Å². The van der Waals surface area contributed by atoms with Gasteiger partial charge >= 0.3 is 0 Å². The van der Waals surface area contributed by atoms with Crippen LogP contribution in [0.2, 0.25) is 0 Å². The van der Waals surface area contributed by atoms with Crippen molar-refractivity contribution in [2.45, 2.75) is 111 Å². The Balaban J connectivity index is 1.94. The zero-order valence-corrected chi connectivity index (χ0v) is 22.8. The third-order valence-corrected chi connectivity index (χ3v) is 7.51. The van der Waals surface area contributed by atoms with E-state index in [1.54, 1.807) is 0 Å². The summed E-state index contributed by atoms with van der Waals surface area (Å²) in [5, 5.41) is 115. The second-order valence-corrected chi connectivity index (χ2v) is 10.6. The van der Waals surface area contributed by atoms with Gasteiger partial charge in [0, 0.05) is 13.3 Å². The SMILES string of the molecule is CC(=O)N[C@H]1[C@H]([C@H](O)[C@H](O)CO)O[C@@](O[C@H]2[C@@H](O)[C@@H](CO)O[C@@H](O[C@H]3[C@H](O)[C@@H](O)[C@H](O)O[C@@H]3CO)[C@@H]2O)(C(N)=O)C[C@@H]1O. The molecule has 20 nitrogen and oxygen atoms in total. The number of ether oxygens (including phenoxy) is 5. The number of carbonyl (C=O) groups is 2. The van der Waals surface area contributed by atoms with E-state index in [4.69, 9.17) is 29.4 Å². The second kappa shape index (κ2) is 14.6. The summed E-state index contributed by atoms with van der Waals surface area (Å²) in [5.74, 6) is -4.99. The number of hydrogen-bond acceptors (Lipinski definition) is 18. The molecule has 14 N–H and O–H groups in total. The summed E-state index contributed by atoms with van der Waals surface area (Å²) in [6.45, 7) is -1.75. The number of amides is 2. The minimum Gasteiger partial charge on any atom is -0.394 e. The summed E-state index contributed by atoms with van der Waals surface area (Å²) in [6.07, 6.45) is -27.1. The molecule has 3 fully saturated rings. The van der Waals surface area contributed by atoms with Crippen molar-refractivity contribution in [3.63, 3.8) is 0 Å². The lowest BCUT2D eigenvalue weighted by Crippen LogP contribution is -2.71. The van der Waals surface area contributed by atoms with Crippen molar-refractivity contribution in [2.24, 2.45) is 5.73 Å². The molecule has 0 aromatic heterocycles. The molecular formula is C23H40N2O18. The third kappa shape index (κ3) is 7.41. The maximum absolute atomic E-state index is 12.8. The van der Waals surface area contributed by atoms with Gasteiger partial charge in [0.1, 0.15) is 67.1 Å². The molecule has 250 valence electrons. The highest BCUT2D eigenvalue weighted by Crippen LogP contribution is 2.38. The Bertz CT molecular complexity index is 946. The van der Waals surface area contributed by atoms with Crippen LogP contribution in [0.3, 0.4) is 0 Å². The average molecular weight is 633 g/mol. The fourth-order valence-electron chi connectivity index (χ4n) is 5.19. The maximum atomic E-state index is 12.8. The van der Waals surface area contributed by atoms with Crippen LogP contribution in [0.1, 0.15) is 13.3 Å². The lowest BCUT2D eigenvalue weighted by atomic mass is 9.87. The van der Waals surface area contributed by atoms with Crippen molar-refractivity contribution >= 4 is 11.8 Å². The van der Waals surface area contributed by atoms with Crippen molar-refractivity contribution in [2.75, 3.05) is 19.8 Å². The minimum absolute atomic E-state index is 0.718. The van der Waals surface area contributed by atoms with Gasteiger partial charge in [0.15, 0.2) is 12.6 Å². The lowest BCUT2D eigenvalue weighted by Gasteiger charge is -2.51. The Hall–Kier alpha value is -1.70. The predicted molar refractivity (Wildman–Crippen MR) is 132 cm³/mol. The highest BCUT2D eigenvalue weighted by molar-refractivity contribution is 5.82. The molecule has 3 aliphatic rings. The van der Waals surface area contributed by atoms with Gasteiger partial charge in [-0.25, -0.2) is 0 Å². The molecule has 3 aliphatic heterocycles. The van der Waals surface area contributed by atoms with E-state index in [-0.39, 0.29) is 0 Å². The summed E-state index contributed by atoms with van der Waals surface area (Å²) >= 11 is 0. The van der Waals surface area contributed by atoms with Crippen molar-refractivity contribution in [3.8, 4) is 0 Å². The third-order valence-electron chi connectivity index (χ3n) is 7.51. The van der Waals surface area contributed by atoms with Crippen LogP contribution in [0.4, 0.5) is 0 Å². The molecule has 0 aliphatic carbocycles. The number of nitrogens with two attached hydrogens (primary N) is 1. The summed E-state index contributed by atoms with van der Waals surface area (Å²) in [7, 11) is 0. The quantitative estimate of drug-likeness (QED) is 0.100. The number of nitrogens with one attached hydrogen (secondary N) is 1. The molecule has 43 heavy (non-hydrogen) atoms. The van der Waals surface area contributed by atoms with E-state index >= 15 is 0 Å². The molecule has 3 saturated heterocycles. The number of aliphatic hydroxyl groups excluding tert-OH is 11. The van der Waals surface area contributed by atoms with Crippen molar-refractivity contribution in [1.29, 1.82) is 0 Å².